The zero-order valence-electron chi connectivity index (χ0n) is 81.5. The van der Waals surface area contributed by atoms with Crippen LogP contribution in [0.15, 0.2) is 185 Å². The number of nitrogens with zero attached hydrogens (tertiary/aromatic N) is 9. The first-order valence-corrected chi connectivity index (χ1v) is 47.0. The van der Waals surface area contributed by atoms with E-state index >= 15 is 0 Å². The Morgan fingerprint density at radius 1 is 0.306 bits per heavy atom. The molecule has 0 atom stereocenters. The molecule has 0 spiro atoms. The smallest absolute Gasteiger partial charge is 0.257 e. The monoisotopic (exact) mass is 1980 g/mol. The van der Waals surface area contributed by atoms with Crippen LogP contribution in [0.5, 0.6) is 40.2 Å². The van der Waals surface area contributed by atoms with Gasteiger partial charge in [-0.05, 0) is 223 Å². The van der Waals surface area contributed by atoms with E-state index in [4.69, 9.17) is 8.83 Å². The molecular weight excluding hydrogens is 1890 g/mol. The van der Waals surface area contributed by atoms with Crippen molar-refractivity contribution in [2.75, 3.05) is 37.2 Å². The fraction of sp³-hybridized carbons (Fsp3) is 0.125. The van der Waals surface area contributed by atoms with Crippen molar-refractivity contribution in [1.29, 1.82) is 0 Å². The molecule has 0 bridgehead atoms. The van der Waals surface area contributed by atoms with Gasteiger partial charge in [-0.25, -0.2) is 39.9 Å². The van der Waals surface area contributed by atoms with Crippen LogP contribution in [0.2, 0.25) is 0 Å². The van der Waals surface area contributed by atoms with Gasteiger partial charge in [-0.2, -0.15) is 0 Å². The van der Waals surface area contributed by atoms with Gasteiger partial charge < -0.3 is 91.8 Å². The molecule has 17 aromatic rings. The number of aromatic amines is 2. The van der Waals surface area contributed by atoms with E-state index in [1.807, 2.05) is 145 Å². The number of aromatic hydroxyl groups is 7. The number of para-hydroxylation sites is 2. The summed E-state index contributed by atoms with van der Waals surface area (Å²) in [7, 11) is 0. The number of anilines is 7. The molecule has 0 radical (unpaired) electrons. The second kappa shape index (κ2) is 40.0. The number of H-pyrrole nitrogens is 2. The number of benzene rings is 3. The first kappa shape index (κ1) is 97.9. The number of fused-ring (bicyclic) bond motifs is 10. The standard InChI is InChI=1S/C19H15N3O2.2C18H15N3O2.C15H13N3O2.2C14H12N2O3.C14H12N2O2S/c1-10-16-14(19(24)22-18(16)20-11(2)17(10)23)9-13-8-7-12-5-3-4-6-15(12)21-13;1-9-15-13(18(23)21-17(15)20-10(2)16(9)22)8-11-4-3-5-14-12(11)6-7-19-14;1-9-15-13(18(23)21-17(15)20-10(2)16(9)22)7-11-8-19-14-6-4-3-5-12(11)14;1-8-12-11(7-10-3-5-16-6-4-10)15(20)18-14(12)17-9(2)13(8)19;1-7-11-10(5-9-3-4-19-6-9)14(18)16-13(11)15-8(2)12(7)17;2*1-7-11-10(6-9-4-3-5-19-9)14(18)16-13(11)15-8(2)12(7)17/h3-9,23H,1-2H3,(H,20,22,24);2*3-8,19,22H,1-2H3,(H,20,21,23);3-7,19H,1-2H3,(H,17,18,20);3*3-6,17H,1-2H3,(H,15,16,18)/b14-9-;13-8-;13-7-;11-7-;10-5-;2*10-6-. The zero-order chi connectivity index (χ0) is 104. The SMILES string of the molecule is Cc1nc2c(c(C)c1O)/C(=C/c1c[nH]c3ccccc13)C(=O)N2.Cc1nc2c(c(C)c1O)/C(=C/c1ccc3ccccc3n1)C(=O)N2.Cc1nc2c(c(C)c1O)/C(=C/c1cccc3[nH]ccc13)C(=O)N2.Cc1nc2c(c(C)c1O)/C(=C/c1ccco1)C(=O)N2.Cc1nc2c(c(C)c1O)/C(=C/c1cccs1)C(=O)N2.Cc1nc2c(c(C)c1O)/C(=C/c1ccncc1)C(=O)N2.Cc1nc2c(c(C)c1O)/C(=C/c1ccoc1)C(=O)N2. The fourth-order valence-electron chi connectivity index (χ4n) is 18.1. The maximum absolute atomic E-state index is 12.4. The summed E-state index contributed by atoms with van der Waals surface area (Å²) in [5.74, 6) is 3.47. The maximum Gasteiger partial charge on any atom is 0.257 e. The lowest BCUT2D eigenvalue weighted by molar-refractivity contribution is -0.111. The number of amides is 7. The summed E-state index contributed by atoms with van der Waals surface area (Å²) in [4.78, 5) is 131. The number of furan rings is 2. The average Bonchev–Trinajstić information content (AvgIpc) is 1.62. The van der Waals surface area contributed by atoms with E-state index in [0.717, 1.165) is 59.8 Å². The summed E-state index contributed by atoms with van der Waals surface area (Å²) in [5.41, 5.74) is 23.4. The van der Waals surface area contributed by atoms with Gasteiger partial charge in [0.15, 0.2) is 0 Å². The number of rotatable bonds is 7. The van der Waals surface area contributed by atoms with Crippen LogP contribution in [0.25, 0.3) is 114 Å². The van der Waals surface area contributed by atoms with E-state index in [-0.39, 0.29) is 81.6 Å². The minimum absolute atomic E-state index is 0.112. The lowest BCUT2D eigenvalue weighted by Crippen LogP contribution is -2.04. The second-order valence-corrected chi connectivity index (χ2v) is 36.2. The highest BCUT2D eigenvalue weighted by atomic mass is 32.1. The summed E-state index contributed by atoms with van der Waals surface area (Å²) >= 11 is 1.56. The number of nitrogens with one attached hydrogen (secondary N) is 9. The Bertz CT molecular complexity index is 8360. The lowest BCUT2D eigenvalue weighted by atomic mass is 9.99. The Morgan fingerprint density at radius 3 is 1.10 bits per heavy atom. The molecule has 0 aliphatic carbocycles. The third kappa shape index (κ3) is 19.0. The van der Waals surface area contributed by atoms with E-state index in [0.29, 0.717) is 209 Å². The summed E-state index contributed by atoms with van der Waals surface area (Å²) in [6.45, 7) is 24.5. The number of carbonyl (C=O) groups excluding carboxylic acids is 7. The highest BCUT2D eigenvalue weighted by molar-refractivity contribution is 7.11. The molecule has 3 aromatic carbocycles. The van der Waals surface area contributed by atoms with Gasteiger partial charge in [0.05, 0.1) is 109 Å². The Morgan fingerprint density at radius 2 is 0.680 bits per heavy atom. The number of pyridine rings is 9. The van der Waals surface area contributed by atoms with Gasteiger partial charge in [0.1, 0.15) is 86.7 Å². The van der Waals surface area contributed by atoms with Crippen LogP contribution in [0.4, 0.5) is 40.7 Å². The predicted octanol–water partition coefficient (Wildman–Crippen LogP) is 20.4. The first-order chi connectivity index (χ1) is 70.5. The van der Waals surface area contributed by atoms with Crippen LogP contribution in [-0.2, 0) is 33.6 Å². The van der Waals surface area contributed by atoms with Crippen LogP contribution >= 0.6 is 11.3 Å². The molecule has 0 fully saturated rings. The molecule has 16 N–H and O–H groups in total. The second-order valence-electron chi connectivity index (χ2n) is 35.2. The molecule has 147 heavy (non-hydrogen) atoms. The van der Waals surface area contributed by atoms with Crippen LogP contribution < -0.4 is 37.2 Å². The summed E-state index contributed by atoms with van der Waals surface area (Å²) in [6, 6.07) is 40.2. The van der Waals surface area contributed by atoms with Crippen molar-refractivity contribution in [3.63, 3.8) is 0 Å². The molecule has 7 aliphatic heterocycles. The van der Waals surface area contributed by atoms with Crippen LogP contribution in [-0.4, -0.2) is 132 Å². The molecule has 21 heterocycles. The van der Waals surface area contributed by atoms with Gasteiger partial charge >= 0.3 is 0 Å². The van der Waals surface area contributed by atoms with E-state index in [1.54, 1.807) is 169 Å². The van der Waals surface area contributed by atoms with Crippen molar-refractivity contribution in [3.8, 4) is 40.2 Å². The van der Waals surface area contributed by atoms with E-state index in [9.17, 15) is 69.3 Å². The van der Waals surface area contributed by atoms with Crippen molar-refractivity contribution in [2.45, 2.75) is 96.9 Å². The van der Waals surface area contributed by atoms with Gasteiger partial charge in [-0.15, -0.1) is 11.3 Å². The lowest BCUT2D eigenvalue weighted by Gasteiger charge is -2.08. The third-order valence-corrected chi connectivity index (χ3v) is 26.5. The van der Waals surface area contributed by atoms with Crippen molar-refractivity contribution in [1.82, 2.24) is 54.8 Å². The normalized spacial score (nSPS) is 15.4. The number of hydrogen-bond acceptors (Lipinski definition) is 26. The van der Waals surface area contributed by atoms with Crippen molar-refractivity contribution >= 4 is 208 Å². The fourth-order valence-corrected chi connectivity index (χ4v) is 18.7. The molecule has 34 nitrogen and oxygen atoms in total. The Kier molecular flexibility index (Phi) is 26.6. The molecule has 0 unspecified atom stereocenters. The number of hydrogen-bond donors (Lipinski definition) is 16. The molecule has 14 aromatic heterocycles. The predicted molar refractivity (Wildman–Crippen MR) is 567 cm³/mol. The Hall–Kier alpha value is -19.3. The van der Waals surface area contributed by atoms with Gasteiger partial charge in [-0.3, -0.25) is 38.5 Å². The van der Waals surface area contributed by atoms with Crippen LogP contribution in [0, 0.1) is 96.9 Å². The van der Waals surface area contributed by atoms with E-state index < -0.39 is 0 Å². The zero-order valence-corrected chi connectivity index (χ0v) is 82.3. The van der Waals surface area contributed by atoms with Crippen molar-refractivity contribution in [2.24, 2.45) is 0 Å². The molecule has 35 heteroatoms. The highest BCUT2D eigenvalue weighted by Crippen LogP contribution is 2.48. The van der Waals surface area contributed by atoms with Crippen molar-refractivity contribution < 1.29 is 78.1 Å². The van der Waals surface area contributed by atoms with Gasteiger partial charge in [0.2, 0.25) is 0 Å². The average molecular weight is 1980 g/mol. The largest absolute Gasteiger partial charge is 0.506 e. The first-order valence-electron chi connectivity index (χ1n) is 46.1. The topological polar surface area (TPSA) is 519 Å². The third-order valence-electron chi connectivity index (χ3n) is 25.6. The summed E-state index contributed by atoms with van der Waals surface area (Å²) < 4.78 is 10.2. The summed E-state index contributed by atoms with van der Waals surface area (Å²) in [5, 5.41) is 94.6. The molecule has 0 saturated heterocycles. The number of aryl methyl sites for hydroxylation is 7. The molecule has 0 saturated carbocycles. The Labute approximate surface area is 842 Å². The van der Waals surface area contributed by atoms with Crippen LogP contribution in [0.1, 0.15) is 156 Å². The molecule has 24 rings (SSSR count). The molecule has 734 valence electrons. The number of aromatic nitrogens is 11. The number of carbonyl (C=O) groups is 7. The minimum Gasteiger partial charge on any atom is -0.506 e. The highest BCUT2D eigenvalue weighted by Gasteiger charge is 2.38. The van der Waals surface area contributed by atoms with E-state index in [1.165, 1.54) is 12.5 Å². The van der Waals surface area contributed by atoms with Gasteiger partial charge in [0.25, 0.3) is 41.4 Å². The summed E-state index contributed by atoms with van der Waals surface area (Å²) in [6.07, 6.45) is 24.1. The Balaban J connectivity index is 0.000000113. The van der Waals surface area contributed by atoms with Crippen LogP contribution in [0.3, 0.4) is 0 Å². The molecule has 7 amide bonds. The molecule has 7 aliphatic rings. The minimum atomic E-state index is -0.244. The van der Waals surface area contributed by atoms with E-state index in [2.05, 4.69) is 92.0 Å². The van der Waals surface area contributed by atoms with Gasteiger partial charge in [-0.1, -0.05) is 60.7 Å². The van der Waals surface area contributed by atoms with Gasteiger partial charge in [0, 0.05) is 146 Å². The molecular formula is C112H94N18O16S. The number of thiophene rings is 1. The maximum atomic E-state index is 12.4. The van der Waals surface area contributed by atoms with Crippen molar-refractivity contribution in [3.05, 3.63) is 333 Å². The quantitative estimate of drug-likeness (QED) is 0.0659.